The van der Waals surface area contributed by atoms with Gasteiger partial charge in [-0.15, -0.1) is 10.2 Å². The molecule has 2 rings (SSSR count). The van der Waals surface area contributed by atoms with Gasteiger partial charge in [0.2, 0.25) is 5.91 Å². The number of amides is 1. The molecule has 2 atom stereocenters. The number of carbonyl (C=O) groups is 1. The van der Waals surface area contributed by atoms with Crippen LogP contribution >= 0.6 is 11.8 Å². The number of hydrogen-bond acceptors (Lipinski definition) is 6. The molecule has 0 aromatic carbocycles. The maximum absolute atomic E-state index is 12.1. The fraction of sp³-hybridized carbons (Fsp3) is 0.750. The Bertz CT molecular complexity index is 612. The fourth-order valence-electron chi connectivity index (χ4n) is 2.11. The van der Waals surface area contributed by atoms with Gasteiger partial charge in [0.05, 0.1) is 16.8 Å². The van der Waals surface area contributed by atoms with Crippen LogP contribution in [0.4, 0.5) is 0 Å². The van der Waals surface area contributed by atoms with Crippen LogP contribution in [0.25, 0.3) is 0 Å². The van der Waals surface area contributed by atoms with Crippen LogP contribution in [0, 0.1) is 0 Å². The Balaban J connectivity index is 1.92. The first-order valence-corrected chi connectivity index (χ1v) is 9.55. The van der Waals surface area contributed by atoms with E-state index in [1.807, 2.05) is 18.4 Å². The lowest BCUT2D eigenvalue weighted by Crippen LogP contribution is -2.40. The summed E-state index contributed by atoms with van der Waals surface area (Å²) in [5.74, 6) is 0.0276. The van der Waals surface area contributed by atoms with Gasteiger partial charge in [0.15, 0.2) is 15.0 Å². The van der Waals surface area contributed by atoms with E-state index >= 15 is 0 Å². The monoisotopic (exact) mass is 332 g/mol. The van der Waals surface area contributed by atoms with Gasteiger partial charge in [0.1, 0.15) is 6.33 Å². The minimum atomic E-state index is -2.98. The summed E-state index contributed by atoms with van der Waals surface area (Å²) in [6.07, 6.45) is 2.13. The van der Waals surface area contributed by atoms with Gasteiger partial charge in [0.25, 0.3) is 0 Å². The minimum Gasteiger partial charge on any atom is -0.351 e. The molecule has 0 aliphatic carbocycles. The predicted molar refractivity (Wildman–Crippen MR) is 80.9 cm³/mol. The molecule has 1 N–H and O–H groups in total. The lowest BCUT2D eigenvalue weighted by molar-refractivity contribution is -0.120. The largest absolute Gasteiger partial charge is 0.351 e. The minimum absolute atomic E-state index is 0.0400. The second-order valence-corrected chi connectivity index (χ2v) is 9.02. The summed E-state index contributed by atoms with van der Waals surface area (Å²) < 4.78 is 24.7. The molecule has 1 aliphatic heterocycles. The molecule has 0 bridgehead atoms. The van der Waals surface area contributed by atoms with Gasteiger partial charge in [-0.2, -0.15) is 0 Å². The summed E-state index contributed by atoms with van der Waals surface area (Å²) >= 11 is 1.32. The van der Waals surface area contributed by atoms with E-state index in [4.69, 9.17) is 0 Å². The van der Waals surface area contributed by atoms with Crippen LogP contribution < -0.4 is 5.32 Å². The molecule has 0 saturated carbocycles. The molecular weight excluding hydrogens is 312 g/mol. The molecule has 1 aliphatic rings. The fourth-order valence-corrected chi connectivity index (χ4v) is 4.75. The highest BCUT2D eigenvalue weighted by molar-refractivity contribution is 8.00. The summed E-state index contributed by atoms with van der Waals surface area (Å²) in [6, 6.07) is -0.0498. The van der Waals surface area contributed by atoms with Crippen molar-refractivity contribution in [2.45, 2.75) is 49.7 Å². The van der Waals surface area contributed by atoms with Crippen molar-refractivity contribution in [3.63, 3.8) is 0 Å². The zero-order chi connectivity index (χ0) is 15.6. The van der Waals surface area contributed by atoms with E-state index in [2.05, 4.69) is 15.5 Å². The van der Waals surface area contributed by atoms with Gasteiger partial charge >= 0.3 is 0 Å². The molecule has 0 radical (unpaired) electrons. The van der Waals surface area contributed by atoms with E-state index in [0.717, 1.165) is 0 Å². The van der Waals surface area contributed by atoms with Crippen LogP contribution in [0.2, 0.25) is 0 Å². The van der Waals surface area contributed by atoms with E-state index in [-0.39, 0.29) is 34.7 Å². The van der Waals surface area contributed by atoms with E-state index in [9.17, 15) is 13.2 Å². The third-order valence-corrected chi connectivity index (χ3v) is 6.17. The van der Waals surface area contributed by atoms with Crippen molar-refractivity contribution >= 4 is 27.5 Å². The maximum Gasteiger partial charge on any atom is 0.233 e. The third kappa shape index (κ3) is 4.19. The quantitative estimate of drug-likeness (QED) is 0.795. The van der Waals surface area contributed by atoms with Gasteiger partial charge in [-0.1, -0.05) is 11.8 Å². The van der Waals surface area contributed by atoms with Crippen molar-refractivity contribution in [2.75, 3.05) is 11.5 Å². The number of carbonyl (C=O) groups excluding carboxylic acids is 1. The van der Waals surface area contributed by atoms with Crippen molar-refractivity contribution in [3.8, 4) is 0 Å². The average Bonchev–Trinajstić information content (AvgIpc) is 2.95. The lowest BCUT2D eigenvalue weighted by atomic mass is 10.2. The molecular formula is C12H20N4O3S2. The number of hydrogen-bond donors (Lipinski definition) is 1. The van der Waals surface area contributed by atoms with Crippen LogP contribution in [0.5, 0.6) is 0 Å². The Morgan fingerprint density at radius 3 is 2.76 bits per heavy atom. The van der Waals surface area contributed by atoms with E-state index in [1.165, 1.54) is 11.8 Å². The van der Waals surface area contributed by atoms with Gasteiger partial charge in [-0.3, -0.25) is 4.79 Å². The maximum atomic E-state index is 12.1. The van der Waals surface area contributed by atoms with Crippen LogP contribution in [0.15, 0.2) is 11.5 Å². The SMILES string of the molecule is CC(C)n1cnnc1S[C@H](C)C(=O)N[C@H]1CCS(=O)(=O)C1. The highest BCUT2D eigenvalue weighted by Gasteiger charge is 2.30. The van der Waals surface area contributed by atoms with E-state index < -0.39 is 9.84 Å². The molecule has 1 aromatic heterocycles. The number of aromatic nitrogens is 3. The lowest BCUT2D eigenvalue weighted by Gasteiger charge is -2.16. The molecule has 7 nitrogen and oxygen atoms in total. The van der Waals surface area contributed by atoms with Crippen LogP contribution in [0.3, 0.4) is 0 Å². The van der Waals surface area contributed by atoms with Crippen LogP contribution in [-0.2, 0) is 14.6 Å². The first-order valence-electron chi connectivity index (χ1n) is 6.85. The zero-order valence-electron chi connectivity index (χ0n) is 12.3. The van der Waals surface area contributed by atoms with Crippen LogP contribution in [-0.4, -0.2) is 51.9 Å². The molecule has 21 heavy (non-hydrogen) atoms. The summed E-state index contributed by atoms with van der Waals surface area (Å²) in [5.41, 5.74) is 0. The number of thioether (sulfide) groups is 1. The number of nitrogens with one attached hydrogen (secondary N) is 1. The molecule has 0 spiro atoms. The van der Waals surface area contributed by atoms with Gasteiger partial charge < -0.3 is 9.88 Å². The second kappa shape index (κ2) is 6.35. The summed E-state index contributed by atoms with van der Waals surface area (Å²) in [5, 5.41) is 11.0. The Hall–Kier alpha value is -1.09. The molecule has 0 unspecified atom stereocenters. The first-order chi connectivity index (χ1) is 9.78. The molecule has 118 valence electrons. The van der Waals surface area contributed by atoms with Crippen molar-refractivity contribution in [3.05, 3.63) is 6.33 Å². The predicted octanol–water partition coefficient (Wildman–Crippen LogP) is 0.643. The second-order valence-electron chi connectivity index (χ2n) is 5.48. The average molecular weight is 332 g/mol. The third-order valence-electron chi connectivity index (χ3n) is 3.33. The molecule has 2 heterocycles. The topological polar surface area (TPSA) is 93.9 Å². The molecule has 1 fully saturated rings. The standard InChI is InChI=1S/C12H20N4O3S2/c1-8(2)16-7-13-15-12(16)20-9(3)11(17)14-10-4-5-21(18,19)6-10/h7-10H,4-6H2,1-3H3,(H,14,17)/t9-,10+/m1/s1. The summed E-state index contributed by atoms with van der Waals surface area (Å²) in [7, 11) is -2.98. The molecule has 1 aromatic rings. The van der Waals surface area contributed by atoms with E-state index in [0.29, 0.717) is 11.6 Å². The molecule has 9 heteroatoms. The molecule has 1 saturated heterocycles. The highest BCUT2D eigenvalue weighted by Crippen LogP contribution is 2.24. The summed E-state index contributed by atoms with van der Waals surface area (Å²) in [6.45, 7) is 5.81. The van der Waals surface area contributed by atoms with Gasteiger partial charge in [-0.05, 0) is 27.2 Å². The van der Waals surface area contributed by atoms with Crippen molar-refractivity contribution in [2.24, 2.45) is 0 Å². The number of rotatable bonds is 5. The number of sulfone groups is 1. The first kappa shape index (κ1) is 16.3. The van der Waals surface area contributed by atoms with Crippen molar-refractivity contribution in [1.29, 1.82) is 0 Å². The van der Waals surface area contributed by atoms with Crippen LogP contribution in [0.1, 0.15) is 33.2 Å². The van der Waals surface area contributed by atoms with Crippen molar-refractivity contribution in [1.82, 2.24) is 20.1 Å². The van der Waals surface area contributed by atoms with Gasteiger partial charge in [0, 0.05) is 12.1 Å². The van der Waals surface area contributed by atoms with E-state index in [1.54, 1.807) is 13.3 Å². The summed E-state index contributed by atoms with van der Waals surface area (Å²) in [4.78, 5) is 12.1. The van der Waals surface area contributed by atoms with Gasteiger partial charge in [-0.25, -0.2) is 8.42 Å². The Kier molecular flexibility index (Phi) is 4.92. The smallest absolute Gasteiger partial charge is 0.233 e. The highest BCUT2D eigenvalue weighted by atomic mass is 32.2. The Labute approximate surface area is 128 Å². The normalized spacial score (nSPS) is 22.4. The Morgan fingerprint density at radius 2 is 2.19 bits per heavy atom. The molecule has 1 amide bonds. The van der Waals surface area contributed by atoms with Crippen molar-refractivity contribution < 1.29 is 13.2 Å². The Morgan fingerprint density at radius 1 is 1.48 bits per heavy atom. The number of nitrogens with zero attached hydrogens (tertiary/aromatic N) is 3. The zero-order valence-corrected chi connectivity index (χ0v) is 13.9.